The van der Waals surface area contributed by atoms with E-state index in [4.69, 9.17) is 5.11 Å². The molecule has 1 heterocycles. The third-order valence-electron chi connectivity index (χ3n) is 4.91. The second-order valence-corrected chi connectivity index (χ2v) is 7.07. The second-order valence-electron chi connectivity index (χ2n) is 6.53. The van der Waals surface area contributed by atoms with Crippen molar-refractivity contribution in [3.8, 4) is 5.75 Å². The van der Waals surface area contributed by atoms with E-state index in [9.17, 15) is 9.90 Å². The van der Waals surface area contributed by atoms with Crippen LogP contribution in [0.1, 0.15) is 36.0 Å². The van der Waals surface area contributed by atoms with Crippen molar-refractivity contribution >= 4 is 24.3 Å². The average molecular weight is 348 g/mol. The minimum atomic E-state index is -1.10. The number of anilines is 1. The van der Waals surface area contributed by atoms with Crippen molar-refractivity contribution in [2.75, 3.05) is 37.6 Å². The molecular formula is C18H24N2O3S. The highest BCUT2D eigenvalue weighted by atomic mass is 32.1. The number of carbonyl (C=O) groups is 1. The topological polar surface area (TPSA) is 64.0 Å². The zero-order valence-electron chi connectivity index (χ0n) is 13.7. The van der Waals surface area contributed by atoms with Crippen LogP contribution >= 0.6 is 12.6 Å². The van der Waals surface area contributed by atoms with Crippen molar-refractivity contribution in [3.05, 3.63) is 34.2 Å². The van der Waals surface area contributed by atoms with E-state index in [1.165, 1.54) is 35.8 Å². The van der Waals surface area contributed by atoms with Crippen LogP contribution in [0.2, 0.25) is 0 Å². The van der Waals surface area contributed by atoms with Gasteiger partial charge in [0.1, 0.15) is 11.3 Å². The van der Waals surface area contributed by atoms with Gasteiger partial charge in [-0.15, -0.1) is 12.6 Å². The molecule has 2 N–H and O–H groups in total. The first kappa shape index (κ1) is 17.2. The van der Waals surface area contributed by atoms with Crippen LogP contribution in [0.3, 0.4) is 0 Å². The van der Waals surface area contributed by atoms with E-state index in [2.05, 4.69) is 22.4 Å². The maximum Gasteiger partial charge on any atom is 0.339 e. The molecule has 0 spiro atoms. The number of hydrogen-bond acceptors (Lipinski definition) is 5. The lowest BCUT2D eigenvalue weighted by molar-refractivity contribution is 0.0694. The summed E-state index contributed by atoms with van der Waals surface area (Å²) in [5, 5.41) is 18.8. The van der Waals surface area contributed by atoms with Gasteiger partial charge in [0, 0.05) is 44.5 Å². The van der Waals surface area contributed by atoms with Gasteiger partial charge in [0.25, 0.3) is 0 Å². The SMILES string of the molecule is O=C(O)c1ccc(N2CCN(CC3=C(S)CCCC3)CC2)cc1O. The number of allylic oxidation sites excluding steroid dienone is 1. The first-order chi connectivity index (χ1) is 11.5. The molecule has 5 nitrogen and oxygen atoms in total. The number of carboxylic acids is 1. The standard InChI is InChI=1S/C18H24N2O3S/c21-16-11-14(5-6-15(16)18(22)23)20-9-7-19(8-10-20)12-13-3-1-2-4-17(13)24/h5-6,11,21,24H,1-4,7-10,12H2,(H,22,23). The largest absolute Gasteiger partial charge is 0.507 e. The lowest BCUT2D eigenvalue weighted by Gasteiger charge is -2.37. The fourth-order valence-corrected chi connectivity index (χ4v) is 3.79. The molecule has 0 atom stereocenters. The van der Waals surface area contributed by atoms with Gasteiger partial charge in [-0.1, -0.05) is 0 Å². The number of piperazine rings is 1. The summed E-state index contributed by atoms with van der Waals surface area (Å²) >= 11 is 4.63. The number of aromatic carboxylic acids is 1. The summed E-state index contributed by atoms with van der Waals surface area (Å²) in [5.41, 5.74) is 2.31. The first-order valence-corrected chi connectivity index (χ1v) is 8.93. The van der Waals surface area contributed by atoms with Gasteiger partial charge in [-0.3, -0.25) is 4.90 Å². The molecule has 0 saturated carbocycles. The van der Waals surface area contributed by atoms with E-state index in [-0.39, 0.29) is 11.3 Å². The van der Waals surface area contributed by atoms with Crippen molar-refractivity contribution in [2.24, 2.45) is 0 Å². The van der Waals surface area contributed by atoms with Crippen LogP contribution in [0, 0.1) is 0 Å². The van der Waals surface area contributed by atoms with Crippen LogP contribution in [-0.2, 0) is 0 Å². The minimum absolute atomic E-state index is 0.0528. The monoisotopic (exact) mass is 348 g/mol. The van der Waals surface area contributed by atoms with Crippen LogP contribution < -0.4 is 4.90 Å². The maximum atomic E-state index is 11.0. The Balaban J connectivity index is 1.59. The smallest absolute Gasteiger partial charge is 0.339 e. The summed E-state index contributed by atoms with van der Waals surface area (Å²) in [7, 11) is 0. The maximum absolute atomic E-state index is 11.0. The Morgan fingerprint density at radius 3 is 2.46 bits per heavy atom. The molecule has 0 bridgehead atoms. The predicted octanol–water partition coefficient (Wildman–Crippen LogP) is 2.97. The second kappa shape index (κ2) is 7.49. The molecule has 3 rings (SSSR count). The third kappa shape index (κ3) is 3.87. The zero-order chi connectivity index (χ0) is 17.1. The van der Waals surface area contributed by atoms with E-state index >= 15 is 0 Å². The predicted molar refractivity (Wildman–Crippen MR) is 98.2 cm³/mol. The van der Waals surface area contributed by atoms with Crippen LogP contribution in [0.25, 0.3) is 0 Å². The van der Waals surface area contributed by atoms with Crippen LogP contribution in [0.15, 0.2) is 28.7 Å². The van der Waals surface area contributed by atoms with Gasteiger partial charge < -0.3 is 15.1 Å². The van der Waals surface area contributed by atoms with E-state index in [0.29, 0.717) is 0 Å². The highest BCUT2D eigenvalue weighted by molar-refractivity contribution is 7.84. The molecule has 1 aliphatic heterocycles. The summed E-state index contributed by atoms with van der Waals surface area (Å²) in [5.74, 6) is -1.28. The Labute approximate surface area is 148 Å². The number of benzene rings is 1. The summed E-state index contributed by atoms with van der Waals surface area (Å²) in [4.78, 5) is 16.9. The van der Waals surface area contributed by atoms with Crippen LogP contribution in [0.5, 0.6) is 5.75 Å². The molecule has 0 amide bonds. The molecule has 1 fully saturated rings. The lowest BCUT2D eigenvalue weighted by Crippen LogP contribution is -2.47. The molecule has 1 aromatic rings. The van der Waals surface area contributed by atoms with Crippen molar-refractivity contribution in [1.29, 1.82) is 0 Å². The Morgan fingerprint density at radius 1 is 1.12 bits per heavy atom. The Hall–Kier alpha value is -1.66. The normalized spacial score (nSPS) is 19.6. The molecule has 1 saturated heterocycles. The summed E-state index contributed by atoms with van der Waals surface area (Å²) in [6, 6.07) is 4.79. The molecule has 1 aliphatic carbocycles. The molecular weight excluding hydrogens is 324 g/mol. The highest BCUT2D eigenvalue weighted by Crippen LogP contribution is 2.29. The highest BCUT2D eigenvalue weighted by Gasteiger charge is 2.21. The average Bonchev–Trinajstić information content (AvgIpc) is 2.57. The fourth-order valence-electron chi connectivity index (χ4n) is 3.45. The number of aromatic hydroxyl groups is 1. The van der Waals surface area contributed by atoms with Crippen LogP contribution in [-0.4, -0.2) is 53.8 Å². The quantitative estimate of drug-likeness (QED) is 0.730. The number of phenols is 1. The number of nitrogens with zero attached hydrogens (tertiary/aromatic N) is 2. The number of rotatable bonds is 4. The van der Waals surface area contributed by atoms with Crippen molar-refractivity contribution in [2.45, 2.75) is 25.7 Å². The number of carboxylic acid groups (broad SMARTS) is 1. The molecule has 0 radical (unpaired) electrons. The summed E-state index contributed by atoms with van der Waals surface area (Å²) < 4.78 is 0. The zero-order valence-corrected chi connectivity index (χ0v) is 14.6. The van der Waals surface area contributed by atoms with Gasteiger partial charge >= 0.3 is 5.97 Å². The van der Waals surface area contributed by atoms with Gasteiger partial charge in [0.05, 0.1) is 0 Å². The van der Waals surface area contributed by atoms with Crippen molar-refractivity contribution in [1.82, 2.24) is 4.90 Å². The molecule has 24 heavy (non-hydrogen) atoms. The number of thiol groups is 1. The van der Waals surface area contributed by atoms with Gasteiger partial charge in [-0.25, -0.2) is 4.79 Å². The molecule has 130 valence electrons. The summed E-state index contributed by atoms with van der Waals surface area (Å²) in [6.07, 6.45) is 4.82. The Morgan fingerprint density at radius 2 is 1.83 bits per heavy atom. The first-order valence-electron chi connectivity index (χ1n) is 8.48. The van der Waals surface area contributed by atoms with E-state index in [1.54, 1.807) is 12.1 Å². The molecule has 0 aromatic heterocycles. The molecule has 1 aromatic carbocycles. The van der Waals surface area contributed by atoms with Gasteiger partial charge in [0.15, 0.2) is 0 Å². The Bertz CT molecular complexity index is 652. The van der Waals surface area contributed by atoms with E-state index < -0.39 is 5.97 Å². The van der Waals surface area contributed by atoms with Gasteiger partial charge in [0.2, 0.25) is 0 Å². The van der Waals surface area contributed by atoms with E-state index in [0.717, 1.165) is 44.8 Å². The molecule has 0 unspecified atom stereocenters. The molecule has 6 heteroatoms. The number of hydrogen-bond donors (Lipinski definition) is 3. The van der Waals surface area contributed by atoms with Crippen molar-refractivity contribution in [3.63, 3.8) is 0 Å². The fraction of sp³-hybridized carbons (Fsp3) is 0.500. The van der Waals surface area contributed by atoms with Gasteiger partial charge in [-0.05, 0) is 48.3 Å². The van der Waals surface area contributed by atoms with E-state index in [1.807, 2.05) is 0 Å². The summed E-state index contributed by atoms with van der Waals surface area (Å²) in [6.45, 7) is 4.69. The van der Waals surface area contributed by atoms with Crippen LogP contribution in [0.4, 0.5) is 5.69 Å². The third-order valence-corrected chi connectivity index (χ3v) is 5.45. The molecule has 2 aliphatic rings. The minimum Gasteiger partial charge on any atom is -0.507 e. The lowest BCUT2D eigenvalue weighted by atomic mass is 9.98. The Kier molecular flexibility index (Phi) is 5.36. The van der Waals surface area contributed by atoms with Gasteiger partial charge in [-0.2, -0.15) is 0 Å². The van der Waals surface area contributed by atoms with Crippen molar-refractivity contribution < 1.29 is 15.0 Å².